The Morgan fingerprint density at radius 2 is 2.08 bits per heavy atom. The van der Waals surface area contributed by atoms with Crippen molar-refractivity contribution in [1.29, 1.82) is 0 Å². The monoisotopic (exact) mass is 477 g/mol. The minimum absolute atomic E-state index is 0. The number of halogens is 1. The van der Waals surface area contributed by atoms with Gasteiger partial charge >= 0.3 is 5.97 Å². The first-order valence-electron chi connectivity index (χ1n) is 8.99. The second-order valence-electron chi connectivity index (χ2n) is 6.93. The van der Waals surface area contributed by atoms with Crippen LogP contribution in [0.3, 0.4) is 0 Å². The summed E-state index contributed by atoms with van der Waals surface area (Å²) in [7, 11) is 3.26. The molecule has 1 saturated heterocycles. The zero-order chi connectivity index (χ0) is 18.4. The van der Waals surface area contributed by atoms with Crippen molar-refractivity contribution in [3.8, 4) is 0 Å². The van der Waals surface area contributed by atoms with E-state index in [1.165, 1.54) is 12.8 Å². The van der Waals surface area contributed by atoms with E-state index in [0.29, 0.717) is 5.92 Å². The fourth-order valence-electron chi connectivity index (χ4n) is 3.31. The second-order valence-corrected chi connectivity index (χ2v) is 6.93. The maximum absolute atomic E-state index is 11.6. The molecule has 0 spiro atoms. The van der Waals surface area contributed by atoms with Gasteiger partial charge in [0.05, 0.1) is 18.7 Å². The van der Waals surface area contributed by atoms with Gasteiger partial charge in [0.1, 0.15) is 0 Å². The van der Waals surface area contributed by atoms with Crippen LogP contribution in [0.25, 0.3) is 0 Å². The Morgan fingerprint density at radius 1 is 1.42 bits per heavy atom. The number of aromatic nitrogens is 2. The van der Waals surface area contributed by atoms with E-state index in [-0.39, 0.29) is 35.9 Å². The molecule has 1 unspecified atom stereocenters. The van der Waals surface area contributed by atoms with Crippen LogP contribution in [0.4, 0.5) is 0 Å². The molecule has 1 atom stereocenters. The topological polar surface area (TPSA) is 71.8 Å². The van der Waals surface area contributed by atoms with Crippen LogP contribution in [0.2, 0.25) is 0 Å². The Morgan fingerprint density at radius 3 is 2.58 bits per heavy atom. The molecule has 2 heterocycles. The summed E-state index contributed by atoms with van der Waals surface area (Å²) >= 11 is 0. The summed E-state index contributed by atoms with van der Waals surface area (Å²) in [5.41, 5.74) is 2.25. The fraction of sp³-hybridized carbons (Fsp3) is 0.722. The van der Waals surface area contributed by atoms with Crippen LogP contribution in [0.5, 0.6) is 0 Å². The van der Waals surface area contributed by atoms with E-state index in [1.54, 1.807) is 7.05 Å². The number of aliphatic imine (C=N–C) groups is 1. The summed E-state index contributed by atoms with van der Waals surface area (Å²) in [5, 5.41) is 7.99. The molecule has 0 bridgehead atoms. The molecular formula is C18H32IN5O2. The van der Waals surface area contributed by atoms with Crippen LogP contribution in [0.1, 0.15) is 31.2 Å². The number of esters is 1. The van der Waals surface area contributed by atoms with Crippen LogP contribution in [-0.2, 0) is 16.1 Å². The summed E-state index contributed by atoms with van der Waals surface area (Å²) < 4.78 is 6.91. The van der Waals surface area contributed by atoms with Gasteiger partial charge in [-0.05, 0) is 38.7 Å². The number of methoxy groups -OCH3 is 1. The van der Waals surface area contributed by atoms with Gasteiger partial charge in [0.25, 0.3) is 0 Å². The van der Waals surface area contributed by atoms with Gasteiger partial charge in [-0.15, -0.1) is 24.0 Å². The molecule has 1 aliphatic heterocycles. The lowest BCUT2D eigenvalue weighted by Crippen LogP contribution is -2.47. The molecule has 1 fully saturated rings. The number of guanidine groups is 1. The molecule has 8 heteroatoms. The number of nitrogens with zero attached hydrogens (tertiary/aromatic N) is 4. The number of hydrogen-bond donors (Lipinski definition) is 1. The number of carbonyl (C=O) groups is 1. The summed E-state index contributed by atoms with van der Waals surface area (Å²) in [6.07, 6.45) is 1.63. The van der Waals surface area contributed by atoms with Crippen LogP contribution in [0.15, 0.2) is 11.1 Å². The molecule has 26 heavy (non-hydrogen) atoms. The van der Waals surface area contributed by atoms with Crippen molar-refractivity contribution in [2.24, 2.45) is 16.8 Å². The summed E-state index contributed by atoms with van der Waals surface area (Å²) in [5.74, 6) is 1.26. The van der Waals surface area contributed by atoms with E-state index >= 15 is 0 Å². The average Bonchev–Trinajstić information content (AvgIpc) is 2.92. The normalized spacial score (nSPS) is 16.8. The summed E-state index contributed by atoms with van der Waals surface area (Å²) in [6.45, 7) is 9.68. The third kappa shape index (κ3) is 6.14. The van der Waals surface area contributed by atoms with E-state index in [9.17, 15) is 4.79 Å². The molecule has 0 radical (unpaired) electrons. The smallest absolute Gasteiger partial charge is 0.308 e. The first-order valence-corrected chi connectivity index (χ1v) is 8.99. The van der Waals surface area contributed by atoms with Crippen molar-refractivity contribution in [3.63, 3.8) is 0 Å². The van der Waals surface area contributed by atoms with Crippen LogP contribution in [0, 0.1) is 25.7 Å². The van der Waals surface area contributed by atoms with Gasteiger partial charge in [0.15, 0.2) is 5.96 Å². The zero-order valence-corrected chi connectivity index (χ0v) is 18.8. The van der Waals surface area contributed by atoms with E-state index in [2.05, 4.69) is 44.9 Å². The van der Waals surface area contributed by atoms with Crippen LogP contribution in [-0.4, -0.2) is 60.4 Å². The van der Waals surface area contributed by atoms with Gasteiger partial charge in [-0.2, -0.15) is 5.10 Å². The third-order valence-electron chi connectivity index (χ3n) is 4.74. The SMILES string of the molecule is CN=C(NCC(C)Cn1nc(C)cc1C)N1CCC(C(=O)OC)CC1.I. The quantitative estimate of drug-likeness (QED) is 0.305. The number of nitrogens with one attached hydrogen (secondary N) is 1. The van der Waals surface area contributed by atoms with Crippen molar-refractivity contribution < 1.29 is 9.53 Å². The first-order chi connectivity index (χ1) is 11.9. The lowest BCUT2D eigenvalue weighted by molar-refractivity contribution is -0.146. The molecule has 1 N–H and O–H groups in total. The second kappa shape index (κ2) is 10.7. The average molecular weight is 477 g/mol. The minimum atomic E-state index is -0.0962. The highest BCUT2D eigenvalue weighted by atomic mass is 127. The Labute approximate surface area is 173 Å². The maximum atomic E-state index is 11.6. The molecule has 1 aromatic heterocycles. The van der Waals surface area contributed by atoms with E-state index in [1.807, 2.05) is 6.92 Å². The van der Waals surface area contributed by atoms with Crippen molar-refractivity contribution in [2.75, 3.05) is 33.8 Å². The Bertz CT molecular complexity index is 609. The highest BCUT2D eigenvalue weighted by Crippen LogP contribution is 2.18. The lowest BCUT2D eigenvalue weighted by atomic mass is 9.97. The molecule has 0 saturated carbocycles. The molecule has 1 aliphatic rings. The van der Waals surface area contributed by atoms with E-state index in [4.69, 9.17) is 4.74 Å². The lowest BCUT2D eigenvalue weighted by Gasteiger charge is -2.33. The number of likely N-dealkylation sites (tertiary alicyclic amines) is 1. The van der Waals surface area contributed by atoms with Crippen LogP contribution < -0.4 is 5.32 Å². The number of hydrogen-bond acceptors (Lipinski definition) is 4. The van der Waals surface area contributed by atoms with Gasteiger partial charge < -0.3 is 15.0 Å². The molecule has 0 aliphatic carbocycles. The van der Waals surface area contributed by atoms with Crippen molar-refractivity contribution in [1.82, 2.24) is 20.0 Å². The maximum Gasteiger partial charge on any atom is 0.308 e. The molecule has 2 rings (SSSR count). The van der Waals surface area contributed by atoms with Crippen LogP contribution >= 0.6 is 24.0 Å². The van der Waals surface area contributed by atoms with Crippen molar-refractivity contribution in [3.05, 3.63) is 17.5 Å². The Balaban J connectivity index is 0.00000338. The van der Waals surface area contributed by atoms with E-state index < -0.39 is 0 Å². The number of carbonyl (C=O) groups excluding carboxylic acids is 1. The first kappa shape index (κ1) is 22.7. The van der Waals surface area contributed by atoms with Crippen molar-refractivity contribution >= 4 is 35.9 Å². The molecule has 148 valence electrons. The third-order valence-corrected chi connectivity index (χ3v) is 4.74. The predicted octanol–water partition coefficient (Wildman–Crippen LogP) is 2.21. The minimum Gasteiger partial charge on any atom is -0.469 e. The van der Waals surface area contributed by atoms with Crippen molar-refractivity contribution in [2.45, 2.75) is 40.2 Å². The molecule has 0 amide bonds. The number of rotatable bonds is 5. The highest BCUT2D eigenvalue weighted by molar-refractivity contribution is 14.0. The Hall–Kier alpha value is -1.32. The Kier molecular flexibility index (Phi) is 9.38. The summed E-state index contributed by atoms with van der Waals surface area (Å²) in [6, 6.07) is 2.10. The molecule has 1 aromatic rings. The number of aryl methyl sites for hydroxylation is 2. The standard InChI is InChI=1S/C18H31N5O2.HI/c1-13(12-23-15(3)10-14(2)21-23)11-20-18(19-4)22-8-6-16(7-9-22)17(24)25-5;/h10,13,16H,6-9,11-12H2,1-5H3,(H,19,20);1H. The number of piperidine rings is 1. The van der Waals surface area contributed by atoms with Gasteiger partial charge in [-0.25, -0.2) is 0 Å². The summed E-state index contributed by atoms with van der Waals surface area (Å²) in [4.78, 5) is 18.2. The zero-order valence-electron chi connectivity index (χ0n) is 16.5. The van der Waals surface area contributed by atoms with Gasteiger partial charge in [-0.1, -0.05) is 6.92 Å². The molecule has 0 aromatic carbocycles. The van der Waals surface area contributed by atoms with Gasteiger partial charge in [0.2, 0.25) is 0 Å². The van der Waals surface area contributed by atoms with Gasteiger partial charge in [0, 0.05) is 38.9 Å². The molecule has 7 nitrogen and oxygen atoms in total. The fourth-order valence-corrected chi connectivity index (χ4v) is 3.31. The molecular weight excluding hydrogens is 445 g/mol. The van der Waals surface area contributed by atoms with E-state index in [0.717, 1.165) is 50.7 Å². The largest absolute Gasteiger partial charge is 0.469 e. The number of ether oxygens (including phenoxy) is 1. The highest BCUT2D eigenvalue weighted by Gasteiger charge is 2.27. The predicted molar refractivity (Wildman–Crippen MR) is 114 cm³/mol. The van der Waals surface area contributed by atoms with Gasteiger partial charge in [-0.3, -0.25) is 14.5 Å².